The van der Waals surface area contributed by atoms with E-state index < -0.39 is 0 Å². The van der Waals surface area contributed by atoms with Crippen LogP contribution in [0, 0.1) is 0 Å². The van der Waals surface area contributed by atoms with Crippen LogP contribution in [-0.4, -0.2) is 17.6 Å². The first kappa shape index (κ1) is 8.35. The molecule has 3 heteroatoms. The lowest BCUT2D eigenvalue weighted by Gasteiger charge is -2.23. The first-order chi connectivity index (χ1) is 6.27. The van der Waals surface area contributed by atoms with Gasteiger partial charge in [0.15, 0.2) is 0 Å². The zero-order valence-electron chi connectivity index (χ0n) is 7.90. The Balaban J connectivity index is 2.24. The maximum absolute atomic E-state index is 5.63. The number of nitrogens with two attached hydrogens (primary N) is 1. The average molecular weight is 177 g/mol. The van der Waals surface area contributed by atoms with Crippen LogP contribution in [0.2, 0.25) is 0 Å². The summed E-state index contributed by atoms with van der Waals surface area (Å²) < 4.78 is 0. The van der Waals surface area contributed by atoms with Crippen LogP contribution in [0.15, 0.2) is 18.3 Å². The SMILES string of the molecule is CC1CCCN1c1ccnc(N)c1. The standard InChI is InChI=1S/C10H15N3/c1-8-3-2-6-13(8)9-4-5-12-10(11)7-9/h4-5,7-8H,2-3,6H2,1H3,(H2,11,12). The molecule has 70 valence electrons. The molecule has 0 aromatic carbocycles. The Morgan fingerprint density at radius 3 is 3.08 bits per heavy atom. The molecule has 1 aromatic rings. The van der Waals surface area contributed by atoms with Crippen molar-refractivity contribution >= 4 is 11.5 Å². The van der Waals surface area contributed by atoms with E-state index in [4.69, 9.17) is 5.73 Å². The smallest absolute Gasteiger partial charge is 0.125 e. The molecule has 1 aliphatic rings. The predicted molar refractivity (Wildman–Crippen MR) is 54.7 cm³/mol. The molecular weight excluding hydrogens is 162 g/mol. The van der Waals surface area contributed by atoms with E-state index >= 15 is 0 Å². The molecule has 0 radical (unpaired) electrons. The zero-order valence-corrected chi connectivity index (χ0v) is 7.90. The molecule has 1 fully saturated rings. The number of anilines is 2. The second-order valence-corrected chi connectivity index (χ2v) is 3.62. The van der Waals surface area contributed by atoms with Gasteiger partial charge < -0.3 is 10.6 Å². The minimum absolute atomic E-state index is 0.608. The molecule has 0 spiro atoms. The third-order valence-electron chi connectivity index (χ3n) is 2.65. The molecule has 1 aliphatic heterocycles. The lowest BCUT2D eigenvalue weighted by Crippen LogP contribution is -2.26. The van der Waals surface area contributed by atoms with Crippen LogP contribution in [0.25, 0.3) is 0 Å². The summed E-state index contributed by atoms with van der Waals surface area (Å²) >= 11 is 0. The summed E-state index contributed by atoms with van der Waals surface area (Å²) in [4.78, 5) is 6.37. The average Bonchev–Trinajstić information content (AvgIpc) is 2.51. The fourth-order valence-corrected chi connectivity index (χ4v) is 1.93. The maximum Gasteiger partial charge on any atom is 0.125 e. The van der Waals surface area contributed by atoms with Gasteiger partial charge in [0.05, 0.1) is 0 Å². The number of nitrogen functional groups attached to an aromatic ring is 1. The molecule has 1 aromatic heterocycles. The number of hydrogen-bond donors (Lipinski definition) is 1. The zero-order chi connectivity index (χ0) is 9.26. The second-order valence-electron chi connectivity index (χ2n) is 3.62. The van der Waals surface area contributed by atoms with E-state index in [1.165, 1.54) is 18.5 Å². The lowest BCUT2D eigenvalue weighted by molar-refractivity contribution is 0.735. The molecule has 2 rings (SSSR count). The third kappa shape index (κ3) is 1.59. The largest absolute Gasteiger partial charge is 0.384 e. The summed E-state index contributed by atoms with van der Waals surface area (Å²) in [6.07, 6.45) is 4.33. The number of nitrogens with zero attached hydrogens (tertiary/aromatic N) is 2. The Morgan fingerprint density at radius 1 is 1.62 bits per heavy atom. The first-order valence-electron chi connectivity index (χ1n) is 4.75. The van der Waals surface area contributed by atoms with Gasteiger partial charge in [-0.05, 0) is 25.8 Å². The molecule has 0 bridgehead atoms. The number of hydrogen-bond acceptors (Lipinski definition) is 3. The van der Waals surface area contributed by atoms with Gasteiger partial charge >= 0.3 is 0 Å². The summed E-state index contributed by atoms with van der Waals surface area (Å²) in [7, 11) is 0. The number of aromatic nitrogens is 1. The van der Waals surface area contributed by atoms with E-state index in [0.29, 0.717) is 11.9 Å². The van der Waals surface area contributed by atoms with Crippen molar-refractivity contribution < 1.29 is 0 Å². The Labute approximate surface area is 78.6 Å². The minimum Gasteiger partial charge on any atom is -0.384 e. The Hall–Kier alpha value is -1.25. The summed E-state index contributed by atoms with van der Waals surface area (Å²) in [5, 5.41) is 0. The van der Waals surface area contributed by atoms with E-state index in [9.17, 15) is 0 Å². The van der Waals surface area contributed by atoms with Crippen LogP contribution < -0.4 is 10.6 Å². The highest BCUT2D eigenvalue weighted by Crippen LogP contribution is 2.25. The molecule has 0 saturated carbocycles. The highest BCUT2D eigenvalue weighted by atomic mass is 15.2. The van der Waals surface area contributed by atoms with E-state index in [2.05, 4.69) is 16.8 Å². The van der Waals surface area contributed by atoms with Crippen LogP contribution in [0.3, 0.4) is 0 Å². The Bertz CT molecular complexity index is 298. The fraction of sp³-hybridized carbons (Fsp3) is 0.500. The van der Waals surface area contributed by atoms with Gasteiger partial charge in [-0.25, -0.2) is 4.98 Å². The molecule has 3 nitrogen and oxygen atoms in total. The van der Waals surface area contributed by atoms with Crippen molar-refractivity contribution in [3.63, 3.8) is 0 Å². The molecule has 1 unspecified atom stereocenters. The van der Waals surface area contributed by atoms with Gasteiger partial charge in [0, 0.05) is 30.5 Å². The topological polar surface area (TPSA) is 42.2 Å². The molecule has 1 saturated heterocycles. The van der Waals surface area contributed by atoms with Crippen molar-refractivity contribution in [1.82, 2.24) is 4.98 Å². The van der Waals surface area contributed by atoms with Gasteiger partial charge in [-0.1, -0.05) is 0 Å². The first-order valence-corrected chi connectivity index (χ1v) is 4.75. The number of pyridine rings is 1. The van der Waals surface area contributed by atoms with Crippen LogP contribution >= 0.6 is 0 Å². The molecule has 13 heavy (non-hydrogen) atoms. The van der Waals surface area contributed by atoms with Gasteiger partial charge in [0.1, 0.15) is 5.82 Å². The van der Waals surface area contributed by atoms with Crippen LogP contribution in [0.1, 0.15) is 19.8 Å². The van der Waals surface area contributed by atoms with Gasteiger partial charge in [0.2, 0.25) is 0 Å². The molecule has 1 atom stereocenters. The molecule has 2 N–H and O–H groups in total. The second kappa shape index (κ2) is 3.24. The highest BCUT2D eigenvalue weighted by molar-refractivity contribution is 5.53. The Kier molecular flexibility index (Phi) is 2.08. The summed E-state index contributed by atoms with van der Waals surface area (Å²) in [5.74, 6) is 0.608. The van der Waals surface area contributed by atoms with Crippen LogP contribution in [0.5, 0.6) is 0 Å². The van der Waals surface area contributed by atoms with E-state index in [-0.39, 0.29) is 0 Å². The van der Waals surface area contributed by atoms with Crippen molar-refractivity contribution in [2.75, 3.05) is 17.2 Å². The fourth-order valence-electron chi connectivity index (χ4n) is 1.93. The molecule has 0 aliphatic carbocycles. The summed E-state index contributed by atoms with van der Waals surface area (Å²) in [6.45, 7) is 3.40. The van der Waals surface area contributed by atoms with E-state index in [1.54, 1.807) is 6.20 Å². The molecular formula is C10H15N3. The summed E-state index contributed by atoms with van der Waals surface area (Å²) in [6, 6.07) is 4.61. The van der Waals surface area contributed by atoms with Crippen molar-refractivity contribution in [1.29, 1.82) is 0 Å². The van der Waals surface area contributed by atoms with Crippen molar-refractivity contribution in [3.8, 4) is 0 Å². The van der Waals surface area contributed by atoms with Crippen molar-refractivity contribution in [2.24, 2.45) is 0 Å². The van der Waals surface area contributed by atoms with Crippen molar-refractivity contribution in [3.05, 3.63) is 18.3 Å². The van der Waals surface area contributed by atoms with Crippen LogP contribution in [-0.2, 0) is 0 Å². The highest BCUT2D eigenvalue weighted by Gasteiger charge is 2.20. The molecule has 0 amide bonds. The van der Waals surface area contributed by atoms with Crippen molar-refractivity contribution in [2.45, 2.75) is 25.8 Å². The number of rotatable bonds is 1. The quantitative estimate of drug-likeness (QED) is 0.709. The summed E-state index contributed by atoms with van der Waals surface area (Å²) in [5.41, 5.74) is 6.84. The van der Waals surface area contributed by atoms with Gasteiger partial charge in [-0.2, -0.15) is 0 Å². The molecule has 2 heterocycles. The van der Waals surface area contributed by atoms with Gasteiger partial charge in [-0.3, -0.25) is 0 Å². The van der Waals surface area contributed by atoms with Gasteiger partial charge in [-0.15, -0.1) is 0 Å². The lowest BCUT2D eigenvalue weighted by atomic mass is 10.2. The Morgan fingerprint density at radius 2 is 2.46 bits per heavy atom. The minimum atomic E-state index is 0.608. The monoisotopic (exact) mass is 177 g/mol. The normalized spacial score (nSPS) is 22.2. The van der Waals surface area contributed by atoms with Gasteiger partial charge in [0.25, 0.3) is 0 Å². The third-order valence-corrected chi connectivity index (χ3v) is 2.65. The van der Waals surface area contributed by atoms with Crippen LogP contribution in [0.4, 0.5) is 11.5 Å². The maximum atomic E-state index is 5.63. The predicted octanol–water partition coefficient (Wildman–Crippen LogP) is 1.65. The van der Waals surface area contributed by atoms with E-state index in [0.717, 1.165) is 6.54 Å². The van der Waals surface area contributed by atoms with E-state index in [1.807, 2.05) is 12.1 Å².